The van der Waals surface area contributed by atoms with E-state index in [1.54, 1.807) is 7.11 Å². The molecule has 2 aliphatic heterocycles. The molecule has 30 heavy (non-hydrogen) atoms. The lowest BCUT2D eigenvalue weighted by atomic mass is 9.97. The molecule has 0 bridgehead atoms. The molecule has 0 aliphatic carbocycles. The normalized spacial score (nSPS) is 14.9. The molecule has 150 valence electrons. The van der Waals surface area contributed by atoms with Crippen molar-refractivity contribution in [2.75, 3.05) is 30.4 Å². The quantitative estimate of drug-likeness (QED) is 0.644. The van der Waals surface area contributed by atoms with Gasteiger partial charge in [-0.25, -0.2) is 4.98 Å². The van der Waals surface area contributed by atoms with Gasteiger partial charge in [0.1, 0.15) is 17.4 Å². The number of hydrogen-bond donors (Lipinski definition) is 1. The molecule has 1 aromatic heterocycles. The van der Waals surface area contributed by atoms with Crippen molar-refractivity contribution in [1.82, 2.24) is 9.97 Å². The fourth-order valence-electron chi connectivity index (χ4n) is 3.73. The second kappa shape index (κ2) is 7.80. The van der Waals surface area contributed by atoms with E-state index in [2.05, 4.69) is 21.3 Å². The smallest absolute Gasteiger partial charge is 0.229 e. The lowest BCUT2D eigenvalue weighted by Gasteiger charge is -2.34. The number of aliphatic imine (C=N–C) groups is 1. The van der Waals surface area contributed by atoms with Crippen LogP contribution in [0.2, 0.25) is 5.02 Å². The number of aromatic nitrogens is 2. The maximum atomic E-state index is 6.49. The van der Waals surface area contributed by atoms with E-state index in [9.17, 15) is 0 Å². The Kier molecular flexibility index (Phi) is 4.85. The Morgan fingerprint density at radius 1 is 1.13 bits per heavy atom. The molecule has 3 aromatic rings. The van der Waals surface area contributed by atoms with Crippen molar-refractivity contribution in [3.05, 3.63) is 70.9 Å². The summed E-state index contributed by atoms with van der Waals surface area (Å²) in [6.07, 6.45) is 4.89. The maximum absolute atomic E-state index is 6.49. The third-order valence-electron chi connectivity index (χ3n) is 5.14. The summed E-state index contributed by atoms with van der Waals surface area (Å²) in [7, 11) is 1.65. The molecule has 2 aromatic carbocycles. The van der Waals surface area contributed by atoms with Crippen LogP contribution in [0.25, 0.3) is 11.6 Å². The van der Waals surface area contributed by atoms with E-state index in [4.69, 9.17) is 26.3 Å². The van der Waals surface area contributed by atoms with Crippen LogP contribution < -0.4 is 15.0 Å². The van der Waals surface area contributed by atoms with Gasteiger partial charge >= 0.3 is 0 Å². The topological polar surface area (TPSA) is 62.6 Å². The van der Waals surface area contributed by atoms with Crippen LogP contribution in [-0.4, -0.2) is 36.0 Å². The Bertz CT molecular complexity index is 1170. The van der Waals surface area contributed by atoms with Crippen molar-refractivity contribution in [3.63, 3.8) is 0 Å². The lowest BCUT2D eigenvalue weighted by Crippen LogP contribution is -2.39. The van der Waals surface area contributed by atoms with Crippen molar-refractivity contribution in [2.24, 2.45) is 4.99 Å². The van der Waals surface area contributed by atoms with Crippen LogP contribution in [0.1, 0.15) is 17.5 Å². The summed E-state index contributed by atoms with van der Waals surface area (Å²) < 4.78 is 5.29. The van der Waals surface area contributed by atoms with Gasteiger partial charge < -0.3 is 15.0 Å². The van der Waals surface area contributed by atoms with Crippen LogP contribution in [-0.2, 0) is 0 Å². The summed E-state index contributed by atoms with van der Waals surface area (Å²) in [5.41, 5.74) is 3.78. The minimum atomic E-state index is 0.529. The van der Waals surface area contributed by atoms with Gasteiger partial charge in [0.2, 0.25) is 5.95 Å². The molecule has 0 saturated carbocycles. The number of anilines is 3. The molecule has 5 rings (SSSR count). The van der Waals surface area contributed by atoms with E-state index in [0.717, 1.165) is 59.3 Å². The van der Waals surface area contributed by atoms with Gasteiger partial charge in [0.25, 0.3) is 0 Å². The minimum absolute atomic E-state index is 0.529. The predicted molar refractivity (Wildman–Crippen MR) is 122 cm³/mol. The molecule has 0 spiro atoms. The Balaban J connectivity index is 1.56. The molecular weight excluding hydrogens is 398 g/mol. The van der Waals surface area contributed by atoms with Crippen molar-refractivity contribution in [3.8, 4) is 5.75 Å². The highest BCUT2D eigenvalue weighted by Crippen LogP contribution is 2.37. The van der Waals surface area contributed by atoms with Gasteiger partial charge in [0, 0.05) is 52.8 Å². The second-order valence-corrected chi connectivity index (χ2v) is 7.49. The summed E-state index contributed by atoms with van der Waals surface area (Å²) in [5, 5.41) is 3.97. The average Bonchev–Trinajstić information content (AvgIpc) is 2.79. The monoisotopic (exact) mass is 417 g/mol. The summed E-state index contributed by atoms with van der Waals surface area (Å²) in [5.74, 6) is 3.06. The van der Waals surface area contributed by atoms with E-state index < -0.39 is 0 Å². The van der Waals surface area contributed by atoms with Gasteiger partial charge in [0.15, 0.2) is 0 Å². The van der Waals surface area contributed by atoms with Gasteiger partial charge in [-0.05, 0) is 30.7 Å². The van der Waals surface area contributed by atoms with E-state index in [1.165, 1.54) is 0 Å². The number of fused-ring (bicyclic) bond motifs is 3. The first-order valence-electron chi connectivity index (χ1n) is 9.80. The molecule has 0 radical (unpaired) electrons. The lowest BCUT2D eigenvalue weighted by molar-refractivity contribution is 0.415. The molecule has 2 aliphatic rings. The molecule has 0 fully saturated rings. The zero-order chi connectivity index (χ0) is 20.5. The fourth-order valence-corrected chi connectivity index (χ4v) is 3.97. The summed E-state index contributed by atoms with van der Waals surface area (Å²) >= 11 is 6.49. The number of nitrogens with zero attached hydrogens (tertiary/aromatic N) is 4. The summed E-state index contributed by atoms with van der Waals surface area (Å²) in [6.45, 7) is 1.65. The molecule has 3 heterocycles. The zero-order valence-electron chi connectivity index (χ0n) is 16.5. The molecule has 0 saturated heterocycles. The zero-order valence-corrected chi connectivity index (χ0v) is 17.2. The Labute approximate surface area is 179 Å². The Morgan fingerprint density at radius 2 is 2.03 bits per heavy atom. The SMILES string of the molecule is COc1cccc(Nc2ncc3c(n2)N2CCCN=C2C(c2ccccc2Cl)=C3)c1. The number of amidine groups is 1. The molecule has 0 unspecified atom stereocenters. The molecule has 6 nitrogen and oxygen atoms in total. The fraction of sp³-hybridized carbons (Fsp3) is 0.174. The first-order valence-corrected chi connectivity index (χ1v) is 10.2. The molecule has 0 atom stereocenters. The number of benzene rings is 2. The average molecular weight is 418 g/mol. The number of methoxy groups -OCH3 is 1. The number of rotatable bonds is 4. The van der Waals surface area contributed by atoms with Gasteiger partial charge in [-0.1, -0.05) is 35.9 Å². The van der Waals surface area contributed by atoms with Crippen molar-refractivity contribution in [2.45, 2.75) is 6.42 Å². The number of ether oxygens (including phenoxy) is 1. The van der Waals surface area contributed by atoms with Gasteiger partial charge in [0.05, 0.1) is 7.11 Å². The van der Waals surface area contributed by atoms with Gasteiger partial charge in [-0.15, -0.1) is 0 Å². The first kappa shape index (κ1) is 18.6. The predicted octanol–water partition coefficient (Wildman–Crippen LogP) is 5.05. The number of hydrogen-bond acceptors (Lipinski definition) is 6. The van der Waals surface area contributed by atoms with E-state index in [1.807, 2.05) is 54.7 Å². The largest absolute Gasteiger partial charge is 0.497 e. The summed E-state index contributed by atoms with van der Waals surface area (Å²) in [6, 6.07) is 15.5. The highest BCUT2D eigenvalue weighted by molar-refractivity contribution is 6.40. The van der Waals surface area contributed by atoms with Crippen LogP contribution in [0.3, 0.4) is 0 Å². The van der Waals surface area contributed by atoms with E-state index in [-0.39, 0.29) is 0 Å². The first-order chi connectivity index (χ1) is 14.7. The Hall–Kier alpha value is -3.38. The van der Waals surface area contributed by atoms with Crippen LogP contribution in [0.4, 0.5) is 17.5 Å². The third-order valence-corrected chi connectivity index (χ3v) is 5.47. The van der Waals surface area contributed by atoms with Crippen LogP contribution in [0, 0.1) is 0 Å². The second-order valence-electron chi connectivity index (χ2n) is 7.08. The third kappa shape index (κ3) is 3.39. The standard InChI is InChI=1S/C23H20ClN5O/c1-30-17-7-4-6-16(13-17)27-23-26-14-15-12-19(18-8-2-3-9-20(18)24)22-25-10-5-11-29(22)21(15)28-23/h2-4,6-9,12-14H,5,10-11H2,1H3,(H,26,27,28). The molecule has 1 N–H and O–H groups in total. The molecular formula is C23H20ClN5O. The van der Waals surface area contributed by atoms with Crippen molar-refractivity contribution in [1.29, 1.82) is 0 Å². The van der Waals surface area contributed by atoms with E-state index >= 15 is 0 Å². The van der Waals surface area contributed by atoms with Crippen LogP contribution in [0.15, 0.2) is 59.7 Å². The van der Waals surface area contributed by atoms with Crippen LogP contribution >= 0.6 is 11.6 Å². The Morgan fingerprint density at radius 3 is 2.90 bits per heavy atom. The highest BCUT2D eigenvalue weighted by Gasteiger charge is 2.30. The number of nitrogens with one attached hydrogen (secondary N) is 1. The number of halogens is 1. The van der Waals surface area contributed by atoms with E-state index in [0.29, 0.717) is 11.0 Å². The maximum Gasteiger partial charge on any atom is 0.229 e. The summed E-state index contributed by atoms with van der Waals surface area (Å²) in [4.78, 5) is 16.3. The van der Waals surface area contributed by atoms with Gasteiger partial charge in [-0.3, -0.25) is 4.99 Å². The molecule has 7 heteroatoms. The van der Waals surface area contributed by atoms with Crippen molar-refractivity contribution < 1.29 is 4.74 Å². The minimum Gasteiger partial charge on any atom is -0.497 e. The van der Waals surface area contributed by atoms with Crippen LogP contribution in [0.5, 0.6) is 5.75 Å². The molecule has 0 amide bonds. The van der Waals surface area contributed by atoms with Gasteiger partial charge in [-0.2, -0.15) is 4.98 Å². The van der Waals surface area contributed by atoms with Crippen molar-refractivity contribution >= 4 is 46.5 Å². The highest BCUT2D eigenvalue weighted by atomic mass is 35.5.